The molecule has 1 heterocycles. The summed E-state index contributed by atoms with van der Waals surface area (Å²) < 4.78 is 0. The molecule has 4 nitrogen and oxygen atoms in total. The number of hydrogen-bond acceptors (Lipinski definition) is 3. The first-order valence-corrected chi connectivity index (χ1v) is 7.86. The number of amides is 1. The van der Waals surface area contributed by atoms with E-state index in [1.165, 1.54) is 5.56 Å². The third kappa shape index (κ3) is 2.44. The highest BCUT2D eigenvalue weighted by Gasteiger charge is 2.42. The Balaban J connectivity index is 1.96. The van der Waals surface area contributed by atoms with Crippen molar-refractivity contribution in [2.75, 3.05) is 23.0 Å². The van der Waals surface area contributed by atoms with Crippen LogP contribution in [0.2, 0.25) is 0 Å². The summed E-state index contributed by atoms with van der Waals surface area (Å²) in [5, 5.41) is 3.46. The van der Waals surface area contributed by atoms with Gasteiger partial charge in [-0.25, -0.2) is 0 Å². The van der Waals surface area contributed by atoms with Crippen LogP contribution in [0.5, 0.6) is 0 Å². The summed E-state index contributed by atoms with van der Waals surface area (Å²) in [5.41, 5.74) is 10.3. The lowest BCUT2D eigenvalue weighted by molar-refractivity contribution is -0.121. The van der Waals surface area contributed by atoms with Crippen LogP contribution in [-0.4, -0.2) is 13.0 Å². The predicted octanol–water partition coefficient (Wildman–Crippen LogP) is 3.70. The molecule has 3 rings (SSSR count). The van der Waals surface area contributed by atoms with Gasteiger partial charge in [-0.1, -0.05) is 30.3 Å². The molecule has 0 saturated heterocycles. The highest BCUT2D eigenvalue weighted by Crippen LogP contribution is 2.44. The number of fused-ring (bicyclic) bond motifs is 1. The van der Waals surface area contributed by atoms with Crippen LogP contribution in [0.3, 0.4) is 0 Å². The smallest absolute Gasteiger partial charge is 0.236 e. The van der Waals surface area contributed by atoms with Gasteiger partial charge in [-0.3, -0.25) is 4.79 Å². The number of hydrogen-bond donors (Lipinski definition) is 2. The first kappa shape index (κ1) is 15.4. The Kier molecular flexibility index (Phi) is 3.55. The van der Waals surface area contributed by atoms with Gasteiger partial charge in [-0.05, 0) is 44.0 Å². The fraction of sp³-hybridized carbons (Fsp3) is 0.316. The van der Waals surface area contributed by atoms with Gasteiger partial charge in [-0.2, -0.15) is 0 Å². The molecule has 2 aromatic carbocycles. The minimum absolute atomic E-state index is 0.0974. The highest BCUT2D eigenvalue weighted by molar-refractivity contribution is 6.08. The van der Waals surface area contributed by atoms with Crippen molar-refractivity contribution in [2.45, 2.75) is 32.2 Å². The van der Waals surface area contributed by atoms with Gasteiger partial charge in [0.25, 0.3) is 0 Å². The third-order valence-electron chi connectivity index (χ3n) is 4.71. The van der Waals surface area contributed by atoms with E-state index in [4.69, 9.17) is 5.73 Å². The standard InChI is InChI=1S/C19H23N3O/c1-12(13-8-6-5-7-9-13)21-16-11-17-14(10-15(16)20)19(2,3)18(23)22(17)4/h5-12,21H,20H2,1-4H3. The Hall–Kier alpha value is -2.49. The molecule has 1 aliphatic heterocycles. The number of nitrogen functional groups attached to an aromatic ring is 1. The van der Waals surface area contributed by atoms with Crippen LogP contribution in [0.1, 0.15) is 37.9 Å². The van der Waals surface area contributed by atoms with Gasteiger partial charge in [0.15, 0.2) is 0 Å². The van der Waals surface area contributed by atoms with Crippen LogP contribution >= 0.6 is 0 Å². The monoisotopic (exact) mass is 309 g/mol. The molecular weight excluding hydrogens is 286 g/mol. The van der Waals surface area contributed by atoms with Crippen LogP contribution in [0.25, 0.3) is 0 Å². The van der Waals surface area contributed by atoms with Crippen molar-refractivity contribution < 1.29 is 4.79 Å². The van der Waals surface area contributed by atoms with E-state index in [-0.39, 0.29) is 11.9 Å². The lowest BCUT2D eigenvalue weighted by atomic mass is 9.86. The number of carbonyl (C=O) groups is 1. The maximum atomic E-state index is 12.4. The minimum Gasteiger partial charge on any atom is -0.397 e. The molecule has 0 bridgehead atoms. The van der Waals surface area contributed by atoms with Gasteiger partial charge < -0.3 is 16.0 Å². The summed E-state index contributed by atoms with van der Waals surface area (Å²) in [5.74, 6) is 0.0974. The first-order valence-electron chi connectivity index (χ1n) is 7.86. The molecule has 2 aromatic rings. The number of nitrogens with two attached hydrogens (primary N) is 1. The van der Waals surface area contributed by atoms with Gasteiger partial charge in [0.2, 0.25) is 5.91 Å². The molecule has 0 spiro atoms. The van der Waals surface area contributed by atoms with Gasteiger partial charge in [-0.15, -0.1) is 0 Å². The minimum atomic E-state index is -0.526. The molecular formula is C19H23N3O. The lowest BCUT2D eigenvalue weighted by Crippen LogP contribution is -2.33. The van der Waals surface area contributed by atoms with Crippen LogP contribution in [0.15, 0.2) is 42.5 Å². The summed E-state index contributed by atoms with van der Waals surface area (Å²) in [4.78, 5) is 14.1. The zero-order chi connectivity index (χ0) is 16.8. The number of benzene rings is 2. The van der Waals surface area contributed by atoms with E-state index >= 15 is 0 Å². The normalized spacial score (nSPS) is 17.0. The van der Waals surface area contributed by atoms with Crippen molar-refractivity contribution >= 4 is 23.0 Å². The molecule has 23 heavy (non-hydrogen) atoms. The Bertz CT molecular complexity index is 753. The SMILES string of the molecule is CC(Nc1cc2c(cc1N)C(C)(C)C(=O)N2C)c1ccccc1. The van der Waals surface area contributed by atoms with E-state index in [1.807, 2.05) is 51.2 Å². The maximum Gasteiger partial charge on any atom is 0.236 e. The molecule has 120 valence electrons. The molecule has 0 aliphatic carbocycles. The molecule has 0 radical (unpaired) electrons. The molecule has 0 fully saturated rings. The zero-order valence-electron chi connectivity index (χ0n) is 14.1. The fourth-order valence-electron chi connectivity index (χ4n) is 3.21. The maximum absolute atomic E-state index is 12.4. The Labute approximate surface area is 137 Å². The Morgan fingerprint density at radius 2 is 1.83 bits per heavy atom. The lowest BCUT2D eigenvalue weighted by Gasteiger charge is -2.20. The molecule has 1 aliphatic rings. The predicted molar refractivity (Wildman–Crippen MR) is 95.8 cm³/mol. The third-order valence-corrected chi connectivity index (χ3v) is 4.71. The molecule has 4 heteroatoms. The number of likely N-dealkylation sites (N-methyl/N-ethyl adjacent to an activating group) is 1. The first-order chi connectivity index (χ1) is 10.8. The molecule has 0 saturated carbocycles. The molecule has 1 atom stereocenters. The van der Waals surface area contributed by atoms with Gasteiger partial charge in [0, 0.05) is 18.8 Å². The molecule has 0 aromatic heterocycles. The van der Waals surface area contributed by atoms with Gasteiger partial charge in [0.1, 0.15) is 0 Å². The number of rotatable bonds is 3. The summed E-state index contributed by atoms with van der Waals surface area (Å²) in [6.07, 6.45) is 0. The van der Waals surface area contributed by atoms with Crippen molar-refractivity contribution in [3.05, 3.63) is 53.6 Å². The second-order valence-corrected chi connectivity index (χ2v) is 6.72. The van der Waals surface area contributed by atoms with Crippen molar-refractivity contribution in [3.8, 4) is 0 Å². The second-order valence-electron chi connectivity index (χ2n) is 6.72. The summed E-state index contributed by atoms with van der Waals surface area (Å²) in [6.45, 7) is 5.98. The number of anilines is 3. The molecule has 1 unspecified atom stereocenters. The van der Waals surface area contributed by atoms with Gasteiger partial charge in [0.05, 0.1) is 16.8 Å². The van der Waals surface area contributed by atoms with Crippen LogP contribution in [-0.2, 0) is 10.2 Å². The Morgan fingerprint density at radius 3 is 2.48 bits per heavy atom. The summed E-state index contributed by atoms with van der Waals surface area (Å²) in [6, 6.07) is 14.3. The second kappa shape index (κ2) is 5.30. The van der Waals surface area contributed by atoms with Crippen LogP contribution in [0, 0.1) is 0 Å². The molecule has 3 N–H and O–H groups in total. The summed E-state index contributed by atoms with van der Waals surface area (Å²) >= 11 is 0. The zero-order valence-corrected chi connectivity index (χ0v) is 14.1. The van der Waals surface area contributed by atoms with Gasteiger partial charge >= 0.3 is 0 Å². The highest BCUT2D eigenvalue weighted by atomic mass is 16.2. The van der Waals surface area contributed by atoms with Crippen LogP contribution < -0.4 is 16.0 Å². The van der Waals surface area contributed by atoms with E-state index in [9.17, 15) is 4.79 Å². The van der Waals surface area contributed by atoms with E-state index in [0.717, 1.165) is 16.9 Å². The summed E-state index contributed by atoms with van der Waals surface area (Å²) in [7, 11) is 1.82. The molecule has 1 amide bonds. The van der Waals surface area contributed by atoms with Crippen molar-refractivity contribution in [3.63, 3.8) is 0 Å². The number of carbonyl (C=O) groups excluding carboxylic acids is 1. The quantitative estimate of drug-likeness (QED) is 0.850. The number of nitrogens with one attached hydrogen (secondary N) is 1. The average Bonchev–Trinajstić information content (AvgIpc) is 2.70. The van der Waals surface area contributed by atoms with E-state index < -0.39 is 5.41 Å². The van der Waals surface area contributed by atoms with E-state index in [0.29, 0.717) is 5.69 Å². The van der Waals surface area contributed by atoms with Crippen molar-refractivity contribution in [1.82, 2.24) is 0 Å². The van der Waals surface area contributed by atoms with E-state index in [1.54, 1.807) is 4.90 Å². The number of nitrogens with zero attached hydrogens (tertiary/aromatic N) is 1. The largest absolute Gasteiger partial charge is 0.397 e. The van der Waals surface area contributed by atoms with Crippen molar-refractivity contribution in [1.29, 1.82) is 0 Å². The van der Waals surface area contributed by atoms with Crippen molar-refractivity contribution in [2.24, 2.45) is 0 Å². The average molecular weight is 309 g/mol. The van der Waals surface area contributed by atoms with E-state index in [2.05, 4.69) is 24.4 Å². The van der Waals surface area contributed by atoms with Crippen LogP contribution in [0.4, 0.5) is 17.1 Å². The Morgan fingerprint density at radius 1 is 1.17 bits per heavy atom. The topological polar surface area (TPSA) is 58.4 Å². The fourth-order valence-corrected chi connectivity index (χ4v) is 3.21.